The van der Waals surface area contributed by atoms with Crippen LogP contribution in [0.2, 0.25) is 0 Å². The van der Waals surface area contributed by atoms with Crippen molar-refractivity contribution in [2.45, 2.75) is 136 Å². The van der Waals surface area contributed by atoms with Gasteiger partial charge in [0.1, 0.15) is 12.7 Å². The van der Waals surface area contributed by atoms with E-state index in [9.17, 15) is 24.9 Å². The number of carbonyl (C=O) groups is 2. The van der Waals surface area contributed by atoms with Gasteiger partial charge in [-0.25, -0.2) is 0 Å². The molecule has 3 aliphatic rings. The maximum atomic E-state index is 12.4. The molecule has 40 heavy (non-hydrogen) atoms. The number of rotatable bonds is 12. The van der Waals surface area contributed by atoms with Crippen molar-refractivity contribution in [2.75, 3.05) is 19.8 Å². The van der Waals surface area contributed by atoms with Crippen molar-refractivity contribution in [2.24, 2.45) is 34.5 Å². The van der Waals surface area contributed by atoms with Gasteiger partial charge in [0.15, 0.2) is 0 Å². The summed E-state index contributed by atoms with van der Waals surface area (Å²) in [5.41, 5.74) is 0.0935. The van der Waals surface area contributed by atoms with Crippen LogP contribution in [0.5, 0.6) is 0 Å². The second-order valence-electron chi connectivity index (χ2n) is 14.4. The molecule has 3 fully saturated rings. The van der Waals surface area contributed by atoms with E-state index in [0.29, 0.717) is 31.3 Å². The van der Waals surface area contributed by atoms with Crippen molar-refractivity contribution in [3.05, 3.63) is 0 Å². The van der Waals surface area contributed by atoms with Crippen molar-refractivity contribution >= 4 is 11.9 Å². The SMILES string of the molecule is CC(C)(C)C(O)COC1CCC(C(C)(C)C2CCC(OCC(O)COC(=O)C3CCCCC3C(=O)O)CC2)CC1. The molecule has 0 bridgehead atoms. The lowest BCUT2D eigenvalue weighted by Crippen LogP contribution is -2.40. The Morgan fingerprint density at radius 2 is 1.18 bits per heavy atom. The second-order valence-corrected chi connectivity index (χ2v) is 14.4. The van der Waals surface area contributed by atoms with Crippen molar-refractivity contribution < 1.29 is 39.1 Å². The highest BCUT2D eigenvalue weighted by Gasteiger charge is 2.41. The van der Waals surface area contributed by atoms with Crippen LogP contribution >= 0.6 is 0 Å². The van der Waals surface area contributed by atoms with Gasteiger partial charge in [0.25, 0.3) is 0 Å². The Morgan fingerprint density at radius 1 is 0.700 bits per heavy atom. The zero-order valence-electron chi connectivity index (χ0n) is 25.6. The molecule has 232 valence electrons. The van der Waals surface area contributed by atoms with Gasteiger partial charge in [-0.15, -0.1) is 0 Å². The Balaban J connectivity index is 1.33. The number of carbonyl (C=O) groups excluding carboxylic acids is 1. The predicted octanol–water partition coefficient (Wildman–Crippen LogP) is 5.37. The van der Waals surface area contributed by atoms with E-state index in [1.165, 1.54) is 12.8 Å². The van der Waals surface area contributed by atoms with Gasteiger partial charge in [0, 0.05) is 0 Å². The van der Waals surface area contributed by atoms with E-state index in [1.807, 2.05) is 20.8 Å². The van der Waals surface area contributed by atoms with Crippen molar-refractivity contribution in [1.82, 2.24) is 0 Å². The van der Waals surface area contributed by atoms with E-state index in [2.05, 4.69) is 13.8 Å². The summed E-state index contributed by atoms with van der Waals surface area (Å²) < 4.78 is 17.4. The fourth-order valence-corrected chi connectivity index (χ4v) is 7.05. The highest BCUT2D eigenvalue weighted by Crippen LogP contribution is 2.49. The summed E-state index contributed by atoms with van der Waals surface area (Å²) in [6.45, 7) is 11.3. The molecule has 3 rings (SSSR count). The second kappa shape index (κ2) is 14.8. The lowest BCUT2D eigenvalue weighted by Gasteiger charge is -2.46. The van der Waals surface area contributed by atoms with Crippen LogP contribution in [0.15, 0.2) is 0 Å². The topological polar surface area (TPSA) is 123 Å². The first-order chi connectivity index (χ1) is 18.8. The molecule has 0 aliphatic heterocycles. The van der Waals surface area contributed by atoms with Crippen LogP contribution < -0.4 is 0 Å². The predicted molar refractivity (Wildman–Crippen MR) is 153 cm³/mol. The Bertz CT molecular complexity index is 789. The zero-order chi connectivity index (χ0) is 29.5. The molecule has 4 atom stereocenters. The number of carboxylic acid groups (broad SMARTS) is 1. The molecule has 0 saturated heterocycles. The molecular formula is C32H56O8. The number of hydrogen-bond donors (Lipinski definition) is 3. The molecule has 8 nitrogen and oxygen atoms in total. The van der Waals surface area contributed by atoms with Crippen molar-refractivity contribution in [1.29, 1.82) is 0 Å². The van der Waals surface area contributed by atoms with Crippen LogP contribution in [-0.2, 0) is 23.8 Å². The lowest BCUT2D eigenvalue weighted by atomic mass is 9.60. The molecule has 0 amide bonds. The van der Waals surface area contributed by atoms with Crippen LogP contribution in [0.25, 0.3) is 0 Å². The quantitative estimate of drug-likeness (QED) is 0.269. The molecule has 0 radical (unpaired) electrons. The van der Waals surface area contributed by atoms with Crippen LogP contribution in [-0.4, -0.2) is 71.5 Å². The van der Waals surface area contributed by atoms with E-state index in [4.69, 9.17) is 14.2 Å². The Labute approximate surface area is 241 Å². The van der Waals surface area contributed by atoms with Crippen molar-refractivity contribution in [3.63, 3.8) is 0 Å². The molecule has 0 spiro atoms. The molecule has 0 aromatic heterocycles. The summed E-state index contributed by atoms with van der Waals surface area (Å²) in [5, 5.41) is 30.0. The van der Waals surface area contributed by atoms with E-state index in [-0.39, 0.29) is 36.3 Å². The summed E-state index contributed by atoms with van der Waals surface area (Å²) in [5.74, 6) is -1.47. The van der Waals surface area contributed by atoms with Gasteiger partial charge in [-0.2, -0.15) is 0 Å². The Morgan fingerprint density at radius 3 is 1.65 bits per heavy atom. The van der Waals surface area contributed by atoms with Gasteiger partial charge in [0.2, 0.25) is 0 Å². The first kappa shape index (κ1) is 33.3. The first-order valence-corrected chi connectivity index (χ1v) is 15.8. The number of esters is 1. The summed E-state index contributed by atoms with van der Waals surface area (Å²) >= 11 is 0. The van der Waals surface area contributed by atoms with Gasteiger partial charge >= 0.3 is 11.9 Å². The maximum Gasteiger partial charge on any atom is 0.309 e. The third kappa shape index (κ3) is 9.40. The average Bonchev–Trinajstić information content (AvgIpc) is 2.93. The third-order valence-corrected chi connectivity index (χ3v) is 10.3. The Kier molecular flexibility index (Phi) is 12.3. The summed E-state index contributed by atoms with van der Waals surface area (Å²) in [6, 6.07) is 0. The third-order valence-electron chi connectivity index (χ3n) is 10.3. The van der Waals surface area contributed by atoms with Crippen LogP contribution in [0.4, 0.5) is 0 Å². The summed E-state index contributed by atoms with van der Waals surface area (Å²) in [7, 11) is 0. The van der Waals surface area contributed by atoms with Gasteiger partial charge in [-0.3, -0.25) is 9.59 Å². The normalized spacial score (nSPS) is 31.8. The van der Waals surface area contributed by atoms with Crippen molar-refractivity contribution in [3.8, 4) is 0 Å². The van der Waals surface area contributed by atoms with Crippen LogP contribution in [0, 0.1) is 34.5 Å². The largest absolute Gasteiger partial charge is 0.481 e. The smallest absolute Gasteiger partial charge is 0.309 e. The number of aliphatic hydroxyl groups is 2. The van der Waals surface area contributed by atoms with E-state index in [1.54, 1.807) is 0 Å². The highest BCUT2D eigenvalue weighted by atomic mass is 16.6. The monoisotopic (exact) mass is 568 g/mol. The van der Waals surface area contributed by atoms with Crippen LogP contribution in [0.3, 0.4) is 0 Å². The van der Waals surface area contributed by atoms with Gasteiger partial charge in [0.05, 0.1) is 43.4 Å². The standard InChI is InChI=1S/C32H56O8/c1-31(2,3)28(34)20-39-25-16-12-22(13-17-25)32(4,5)21-10-14-24(15-11-21)38-18-23(33)19-40-30(37)27-9-7-6-8-26(27)29(35)36/h21-28,33-34H,6-20H2,1-5H3,(H,35,36). The van der Waals surface area contributed by atoms with Crippen LogP contribution in [0.1, 0.15) is 112 Å². The van der Waals surface area contributed by atoms with E-state index < -0.39 is 36.0 Å². The molecule has 0 aromatic carbocycles. The fourth-order valence-electron chi connectivity index (χ4n) is 7.05. The molecule has 3 saturated carbocycles. The number of aliphatic carboxylic acids is 1. The minimum absolute atomic E-state index is 0.102. The molecule has 3 aliphatic carbocycles. The molecule has 0 heterocycles. The molecule has 0 aromatic rings. The minimum atomic E-state index is -0.946. The average molecular weight is 569 g/mol. The minimum Gasteiger partial charge on any atom is -0.481 e. The maximum absolute atomic E-state index is 12.4. The number of hydrogen-bond acceptors (Lipinski definition) is 7. The highest BCUT2D eigenvalue weighted by molar-refractivity contribution is 5.81. The van der Waals surface area contributed by atoms with Gasteiger partial charge in [-0.1, -0.05) is 47.5 Å². The zero-order valence-corrected chi connectivity index (χ0v) is 25.6. The Hall–Kier alpha value is -1.22. The molecule has 4 unspecified atom stereocenters. The fraction of sp³-hybridized carbons (Fsp3) is 0.938. The summed E-state index contributed by atoms with van der Waals surface area (Å²) in [6.07, 6.45) is 10.3. The molecule has 3 N–H and O–H groups in total. The van der Waals surface area contributed by atoms with Gasteiger partial charge in [-0.05, 0) is 86.9 Å². The number of aliphatic hydroxyl groups excluding tert-OH is 2. The molecule has 8 heteroatoms. The van der Waals surface area contributed by atoms with E-state index >= 15 is 0 Å². The number of carboxylic acids is 1. The van der Waals surface area contributed by atoms with Gasteiger partial charge < -0.3 is 29.5 Å². The van der Waals surface area contributed by atoms with E-state index in [0.717, 1.165) is 51.4 Å². The molecular weight excluding hydrogens is 512 g/mol. The summed E-state index contributed by atoms with van der Waals surface area (Å²) in [4.78, 5) is 23.9. The lowest BCUT2D eigenvalue weighted by molar-refractivity contribution is -0.162. The number of ether oxygens (including phenoxy) is 3. The first-order valence-electron chi connectivity index (χ1n) is 15.8.